The summed E-state index contributed by atoms with van der Waals surface area (Å²) in [6.07, 6.45) is 3.58. The minimum absolute atomic E-state index is 0.00375. The number of aromatic nitrogens is 1. The molecule has 0 saturated carbocycles. The maximum absolute atomic E-state index is 12.4. The van der Waals surface area contributed by atoms with Gasteiger partial charge >= 0.3 is 0 Å². The lowest BCUT2D eigenvalue weighted by Gasteiger charge is -2.37. The highest BCUT2D eigenvalue weighted by Gasteiger charge is 2.32. The van der Waals surface area contributed by atoms with Gasteiger partial charge in [-0.1, -0.05) is 0 Å². The van der Waals surface area contributed by atoms with E-state index in [0.29, 0.717) is 31.2 Å². The third kappa shape index (κ3) is 4.18. The van der Waals surface area contributed by atoms with Crippen LogP contribution in [0.3, 0.4) is 0 Å². The van der Waals surface area contributed by atoms with Gasteiger partial charge in [-0.25, -0.2) is 4.98 Å². The van der Waals surface area contributed by atoms with Crippen molar-refractivity contribution in [2.45, 2.75) is 19.8 Å². The van der Waals surface area contributed by atoms with Gasteiger partial charge in [0.05, 0.1) is 13.2 Å². The van der Waals surface area contributed by atoms with Crippen LogP contribution in [0.2, 0.25) is 0 Å². The van der Waals surface area contributed by atoms with E-state index in [-0.39, 0.29) is 11.3 Å². The Kier molecular flexibility index (Phi) is 6.15. The fourth-order valence-corrected chi connectivity index (χ4v) is 2.82. The van der Waals surface area contributed by atoms with Crippen molar-refractivity contribution < 1.29 is 14.3 Å². The van der Waals surface area contributed by atoms with Crippen LogP contribution in [-0.2, 0) is 4.74 Å². The van der Waals surface area contributed by atoms with Gasteiger partial charge in [0.25, 0.3) is 5.91 Å². The summed E-state index contributed by atoms with van der Waals surface area (Å²) in [6.45, 7) is 5.53. The average Bonchev–Trinajstić information content (AvgIpc) is 2.55. The number of pyridine rings is 1. The number of hydrogen-bond donors (Lipinski definition) is 2. The molecule has 1 saturated heterocycles. The Morgan fingerprint density at radius 3 is 2.91 bits per heavy atom. The van der Waals surface area contributed by atoms with Crippen molar-refractivity contribution in [3.05, 3.63) is 24.0 Å². The quantitative estimate of drug-likeness (QED) is 0.792. The average molecular weight is 307 g/mol. The van der Waals surface area contributed by atoms with Crippen LogP contribution in [0.4, 0.5) is 0 Å². The predicted octanol–water partition coefficient (Wildman–Crippen LogP) is 1.23. The second-order valence-electron chi connectivity index (χ2n) is 5.65. The van der Waals surface area contributed by atoms with Gasteiger partial charge in [-0.3, -0.25) is 4.79 Å². The van der Waals surface area contributed by atoms with Crippen molar-refractivity contribution >= 4 is 5.91 Å². The number of methoxy groups -OCH3 is 1. The van der Waals surface area contributed by atoms with Crippen LogP contribution in [-0.4, -0.2) is 50.8 Å². The van der Waals surface area contributed by atoms with Crippen LogP contribution < -0.4 is 15.4 Å². The first-order valence-electron chi connectivity index (χ1n) is 7.76. The number of nitrogens with one attached hydrogen (secondary N) is 2. The van der Waals surface area contributed by atoms with E-state index in [0.717, 1.165) is 25.9 Å². The van der Waals surface area contributed by atoms with Crippen molar-refractivity contribution in [3.63, 3.8) is 0 Å². The summed E-state index contributed by atoms with van der Waals surface area (Å²) in [6, 6.07) is 3.53. The Morgan fingerprint density at radius 2 is 2.23 bits per heavy atom. The molecule has 0 radical (unpaired) electrons. The maximum atomic E-state index is 12.4. The van der Waals surface area contributed by atoms with Crippen molar-refractivity contribution in [2.24, 2.45) is 5.41 Å². The minimum atomic E-state index is -0.196. The minimum Gasteiger partial charge on any atom is -0.491 e. The summed E-state index contributed by atoms with van der Waals surface area (Å²) in [7, 11) is 1.71. The van der Waals surface area contributed by atoms with Crippen LogP contribution in [0, 0.1) is 5.41 Å². The molecule has 0 aromatic carbocycles. The van der Waals surface area contributed by atoms with E-state index in [2.05, 4.69) is 15.6 Å². The highest BCUT2D eigenvalue weighted by molar-refractivity contribution is 5.94. The molecule has 0 unspecified atom stereocenters. The fraction of sp³-hybridized carbons (Fsp3) is 0.625. The molecule has 1 aliphatic heterocycles. The normalized spacial score (nSPS) is 17.0. The van der Waals surface area contributed by atoms with Gasteiger partial charge in [-0.15, -0.1) is 0 Å². The van der Waals surface area contributed by atoms with Crippen LogP contribution >= 0.6 is 0 Å². The van der Waals surface area contributed by atoms with Crippen LogP contribution in [0.15, 0.2) is 18.3 Å². The Hall–Kier alpha value is -1.66. The summed E-state index contributed by atoms with van der Waals surface area (Å²) < 4.78 is 10.8. The zero-order valence-corrected chi connectivity index (χ0v) is 13.4. The number of carbonyl (C=O) groups is 1. The smallest absolute Gasteiger partial charge is 0.273 e. The van der Waals surface area contributed by atoms with E-state index < -0.39 is 0 Å². The first-order valence-corrected chi connectivity index (χ1v) is 7.76. The van der Waals surface area contributed by atoms with Crippen molar-refractivity contribution in [3.8, 4) is 5.75 Å². The molecule has 2 heterocycles. The first-order chi connectivity index (χ1) is 10.7. The third-order valence-electron chi connectivity index (χ3n) is 4.02. The van der Waals surface area contributed by atoms with Gasteiger partial charge in [-0.2, -0.15) is 0 Å². The summed E-state index contributed by atoms with van der Waals surface area (Å²) in [5.74, 6) is 0.326. The number of carbonyl (C=O) groups excluding carboxylic acids is 1. The Morgan fingerprint density at radius 1 is 1.45 bits per heavy atom. The summed E-state index contributed by atoms with van der Waals surface area (Å²) in [4.78, 5) is 16.6. The molecule has 122 valence electrons. The molecule has 0 bridgehead atoms. The van der Waals surface area contributed by atoms with Crippen LogP contribution in [0.5, 0.6) is 5.75 Å². The van der Waals surface area contributed by atoms with Gasteiger partial charge in [0.15, 0.2) is 11.4 Å². The molecule has 2 rings (SSSR count). The maximum Gasteiger partial charge on any atom is 0.273 e. The highest BCUT2D eigenvalue weighted by Crippen LogP contribution is 2.28. The predicted molar refractivity (Wildman–Crippen MR) is 84.2 cm³/mol. The Bertz CT molecular complexity index is 482. The number of hydrogen-bond acceptors (Lipinski definition) is 5. The molecule has 1 aliphatic rings. The Balaban J connectivity index is 2.02. The lowest BCUT2D eigenvalue weighted by atomic mass is 9.79. The summed E-state index contributed by atoms with van der Waals surface area (Å²) in [5, 5.41) is 6.35. The van der Waals surface area contributed by atoms with E-state index in [1.165, 1.54) is 0 Å². The van der Waals surface area contributed by atoms with Crippen molar-refractivity contribution in [1.82, 2.24) is 15.6 Å². The van der Waals surface area contributed by atoms with Crippen molar-refractivity contribution in [2.75, 3.05) is 40.0 Å². The summed E-state index contributed by atoms with van der Waals surface area (Å²) in [5.41, 5.74) is 0.335. The lowest BCUT2D eigenvalue weighted by Crippen LogP contribution is -2.47. The first kappa shape index (κ1) is 16.7. The van der Waals surface area contributed by atoms with Gasteiger partial charge < -0.3 is 20.1 Å². The van der Waals surface area contributed by atoms with E-state index in [4.69, 9.17) is 9.47 Å². The van der Waals surface area contributed by atoms with Gasteiger partial charge in [0.1, 0.15) is 0 Å². The van der Waals surface area contributed by atoms with E-state index in [9.17, 15) is 4.79 Å². The molecule has 0 spiro atoms. The molecule has 22 heavy (non-hydrogen) atoms. The number of rotatable bonds is 7. The number of ether oxygens (including phenoxy) is 2. The molecule has 0 atom stereocenters. The van der Waals surface area contributed by atoms with E-state index in [1.54, 1.807) is 25.4 Å². The molecule has 6 nitrogen and oxygen atoms in total. The Labute approximate surface area is 131 Å². The topological polar surface area (TPSA) is 72.5 Å². The lowest BCUT2D eigenvalue weighted by molar-refractivity contribution is 0.0510. The van der Waals surface area contributed by atoms with Crippen LogP contribution in [0.25, 0.3) is 0 Å². The van der Waals surface area contributed by atoms with Gasteiger partial charge in [0.2, 0.25) is 0 Å². The zero-order valence-electron chi connectivity index (χ0n) is 13.4. The molecule has 2 N–H and O–H groups in total. The molecule has 1 amide bonds. The number of piperidine rings is 1. The monoisotopic (exact) mass is 307 g/mol. The second-order valence-corrected chi connectivity index (χ2v) is 5.65. The molecule has 0 aliphatic carbocycles. The number of amides is 1. The standard InChI is InChI=1S/C16H25N3O3/c1-3-22-13-5-4-8-18-14(13)15(20)19-11-16(12-21-2)6-9-17-10-7-16/h4-5,8,17H,3,6-7,9-12H2,1-2H3,(H,19,20). The highest BCUT2D eigenvalue weighted by atomic mass is 16.5. The van der Waals surface area contributed by atoms with E-state index >= 15 is 0 Å². The molecular weight excluding hydrogens is 282 g/mol. The molecular formula is C16H25N3O3. The second kappa shape index (κ2) is 8.10. The molecule has 1 aromatic rings. The van der Waals surface area contributed by atoms with E-state index in [1.807, 2.05) is 6.92 Å². The third-order valence-corrected chi connectivity index (χ3v) is 4.02. The fourth-order valence-electron chi connectivity index (χ4n) is 2.82. The van der Waals surface area contributed by atoms with Gasteiger partial charge in [-0.05, 0) is 45.0 Å². The largest absolute Gasteiger partial charge is 0.491 e. The molecule has 1 fully saturated rings. The van der Waals surface area contributed by atoms with Gasteiger partial charge in [0, 0.05) is 25.3 Å². The SMILES string of the molecule is CCOc1cccnc1C(=O)NCC1(COC)CCNCC1. The molecule has 6 heteroatoms. The van der Waals surface area contributed by atoms with Crippen LogP contribution in [0.1, 0.15) is 30.3 Å². The number of nitrogens with zero attached hydrogens (tertiary/aromatic N) is 1. The molecule has 1 aromatic heterocycles. The van der Waals surface area contributed by atoms with Crippen molar-refractivity contribution in [1.29, 1.82) is 0 Å². The zero-order chi connectivity index (χ0) is 15.8. The summed E-state index contributed by atoms with van der Waals surface area (Å²) >= 11 is 0.